The Bertz CT molecular complexity index is 1440. The first kappa shape index (κ1) is 22.0. The Morgan fingerprint density at radius 2 is 1.84 bits per heavy atom. The largest absolute Gasteiger partial charge is 0.493 e. The molecule has 0 spiro atoms. The summed E-state index contributed by atoms with van der Waals surface area (Å²) in [5.74, 6) is 1.06. The van der Waals surface area contributed by atoms with E-state index in [1.807, 2.05) is 18.2 Å². The van der Waals surface area contributed by atoms with E-state index < -0.39 is 11.2 Å². The Balaban J connectivity index is 1.58. The van der Waals surface area contributed by atoms with Gasteiger partial charge in [0.2, 0.25) is 0 Å². The standard InChI is InChI=1S/C23H17Br2N3O4/c1-31-21-10-14(6-9-20(21)32-13-15-7-8-16(24)11-18(15)25)12-26-28-22(29)17-4-2-3-5-19(17)27-23(28)30/h2-12H,13H2,1H3,(H,27,30). The van der Waals surface area contributed by atoms with Crippen LogP contribution in [0.25, 0.3) is 10.9 Å². The molecular formula is C23H17Br2N3O4. The highest BCUT2D eigenvalue weighted by Gasteiger charge is 2.09. The van der Waals surface area contributed by atoms with Crippen LogP contribution in [-0.4, -0.2) is 23.0 Å². The Morgan fingerprint density at radius 3 is 2.62 bits per heavy atom. The highest BCUT2D eigenvalue weighted by molar-refractivity contribution is 9.11. The molecule has 0 bridgehead atoms. The number of nitrogens with zero attached hydrogens (tertiary/aromatic N) is 2. The zero-order valence-corrected chi connectivity index (χ0v) is 20.0. The summed E-state index contributed by atoms with van der Waals surface area (Å²) in [5, 5.41) is 4.45. The first-order valence-electron chi connectivity index (χ1n) is 9.49. The van der Waals surface area contributed by atoms with E-state index in [-0.39, 0.29) is 0 Å². The van der Waals surface area contributed by atoms with Crippen LogP contribution in [0.4, 0.5) is 0 Å². The predicted molar refractivity (Wildman–Crippen MR) is 131 cm³/mol. The Hall–Kier alpha value is -3.17. The fraction of sp³-hybridized carbons (Fsp3) is 0.0870. The first-order chi connectivity index (χ1) is 15.5. The van der Waals surface area contributed by atoms with Crippen LogP contribution in [0, 0.1) is 0 Å². The van der Waals surface area contributed by atoms with Crippen molar-refractivity contribution in [2.24, 2.45) is 5.10 Å². The smallest absolute Gasteiger partial charge is 0.349 e. The molecule has 0 aliphatic carbocycles. The molecule has 0 aliphatic heterocycles. The number of hydrogen-bond donors (Lipinski definition) is 1. The molecule has 9 heteroatoms. The van der Waals surface area contributed by atoms with E-state index >= 15 is 0 Å². The van der Waals surface area contributed by atoms with Gasteiger partial charge in [0.25, 0.3) is 5.56 Å². The number of fused-ring (bicyclic) bond motifs is 1. The van der Waals surface area contributed by atoms with Crippen LogP contribution in [0.15, 0.2) is 84.3 Å². The topological polar surface area (TPSA) is 85.7 Å². The maximum absolute atomic E-state index is 12.6. The van der Waals surface area contributed by atoms with E-state index in [1.165, 1.54) is 13.3 Å². The fourth-order valence-corrected chi connectivity index (χ4v) is 4.22. The molecule has 0 radical (unpaired) electrons. The molecule has 3 aromatic carbocycles. The highest BCUT2D eigenvalue weighted by Crippen LogP contribution is 2.30. The van der Waals surface area contributed by atoms with Gasteiger partial charge >= 0.3 is 5.69 Å². The van der Waals surface area contributed by atoms with E-state index in [9.17, 15) is 9.59 Å². The van der Waals surface area contributed by atoms with Crippen LogP contribution in [-0.2, 0) is 6.61 Å². The van der Waals surface area contributed by atoms with Crippen molar-refractivity contribution >= 4 is 49.0 Å². The summed E-state index contributed by atoms with van der Waals surface area (Å²) < 4.78 is 14.1. The first-order valence-corrected chi connectivity index (χ1v) is 11.1. The molecule has 1 aromatic heterocycles. The summed E-state index contributed by atoms with van der Waals surface area (Å²) in [7, 11) is 1.54. The molecule has 0 aliphatic rings. The normalized spacial score (nSPS) is 11.2. The second kappa shape index (κ2) is 9.54. The number of aromatic amines is 1. The van der Waals surface area contributed by atoms with Gasteiger partial charge in [-0.1, -0.05) is 50.1 Å². The summed E-state index contributed by atoms with van der Waals surface area (Å²) in [6, 6.07) is 17.9. The number of halogens is 2. The zero-order valence-electron chi connectivity index (χ0n) is 16.8. The van der Waals surface area contributed by atoms with Crippen molar-refractivity contribution in [2.75, 3.05) is 7.11 Å². The second-order valence-electron chi connectivity index (χ2n) is 6.77. The molecule has 0 fully saturated rings. The average molecular weight is 559 g/mol. The van der Waals surface area contributed by atoms with Gasteiger partial charge in [-0.05, 0) is 48.0 Å². The minimum atomic E-state index is -0.614. The maximum Gasteiger partial charge on any atom is 0.349 e. The lowest BCUT2D eigenvalue weighted by atomic mass is 10.2. The molecule has 7 nitrogen and oxygen atoms in total. The van der Waals surface area contributed by atoms with E-state index in [0.717, 1.165) is 19.2 Å². The molecule has 32 heavy (non-hydrogen) atoms. The summed E-state index contributed by atoms with van der Waals surface area (Å²) in [6.07, 6.45) is 1.42. The van der Waals surface area contributed by atoms with Crippen molar-refractivity contribution in [3.05, 3.63) is 102 Å². The molecule has 162 valence electrons. The van der Waals surface area contributed by atoms with Crippen molar-refractivity contribution in [3.8, 4) is 11.5 Å². The molecular weight excluding hydrogens is 542 g/mol. The third kappa shape index (κ3) is 4.68. The van der Waals surface area contributed by atoms with Gasteiger partial charge < -0.3 is 14.5 Å². The molecule has 0 saturated heterocycles. The predicted octanol–water partition coefficient (Wildman–Crippen LogP) is 4.68. The number of H-pyrrole nitrogens is 1. The van der Waals surface area contributed by atoms with Crippen LogP contribution >= 0.6 is 31.9 Å². The maximum atomic E-state index is 12.6. The lowest BCUT2D eigenvalue weighted by molar-refractivity contribution is 0.284. The van der Waals surface area contributed by atoms with E-state index in [2.05, 4.69) is 41.9 Å². The zero-order chi connectivity index (χ0) is 22.7. The monoisotopic (exact) mass is 557 g/mol. The van der Waals surface area contributed by atoms with Crippen molar-refractivity contribution in [1.82, 2.24) is 9.66 Å². The van der Waals surface area contributed by atoms with Crippen LogP contribution in [0.3, 0.4) is 0 Å². The van der Waals surface area contributed by atoms with Gasteiger partial charge in [0.05, 0.1) is 24.2 Å². The number of ether oxygens (including phenoxy) is 2. The highest BCUT2D eigenvalue weighted by atomic mass is 79.9. The van der Waals surface area contributed by atoms with Gasteiger partial charge in [-0.2, -0.15) is 5.10 Å². The molecule has 0 atom stereocenters. The molecule has 4 aromatic rings. The minimum Gasteiger partial charge on any atom is -0.493 e. The van der Waals surface area contributed by atoms with Crippen molar-refractivity contribution in [1.29, 1.82) is 0 Å². The van der Waals surface area contributed by atoms with Crippen molar-refractivity contribution in [3.63, 3.8) is 0 Å². The Kier molecular flexibility index (Phi) is 6.57. The second-order valence-corrected chi connectivity index (χ2v) is 8.54. The SMILES string of the molecule is COc1cc(C=Nn2c(=O)[nH]c3ccccc3c2=O)ccc1OCc1ccc(Br)cc1Br. The number of aromatic nitrogens is 2. The van der Waals surface area contributed by atoms with Crippen molar-refractivity contribution < 1.29 is 9.47 Å². The van der Waals surface area contributed by atoms with E-state index in [4.69, 9.17) is 9.47 Å². The lowest BCUT2D eigenvalue weighted by Gasteiger charge is -2.12. The molecule has 0 saturated carbocycles. The number of hydrogen-bond acceptors (Lipinski definition) is 5. The third-order valence-electron chi connectivity index (χ3n) is 4.69. The van der Waals surface area contributed by atoms with Crippen molar-refractivity contribution in [2.45, 2.75) is 6.61 Å². The van der Waals surface area contributed by atoms with Crippen LogP contribution in [0.5, 0.6) is 11.5 Å². The van der Waals surface area contributed by atoms with Crippen LogP contribution < -0.4 is 20.7 Å². The van der Waals surface area contributed by atoms with Gasteiger partial charge in [-0.15, -0.1) is 4.68 Å². The van der Waals surface area contributed by atoms with E-state index in [1.54, 1.807) is 42.5 Å². The van der Waals surface area contributed by atoms with Gasteiger partial charge in [0.15, 0.2) is 11.5 Å². The third-order valence-corrected chi connectivity index (χ3v) is 5.92. The minimum absolute atomic E-state index is 0.347. The average Bonchev–Trinajstić information content (AvgIpc) is 2.78. The molecule has 0 amide bonds. The quantitative estimate of drug-likeness (QED) is 0.348. The molecule has 1 heterocycles. The summed E-state index contributed by atoms with van der Waals surface area (Å²) >= 11 is 6.95. The van der Waals surface area contributed by atoms with Crippen LogP contribution in [0.2, 0.25) is 0 Å². The van der Waals surface area contributed by atoms with Gasteiger partial charge in [-0.3, -0.25) is 4.79 Å². The summed E-state index contributed by atoms with van der Waals surface area (Å²) in [5.41, 5.74) is 0.980. The number of benzene rings is 3. The lowest BCUT2D eigenvalue weighted by Crippen LogP contribution is -2.32. The Morgan fingerprint density at radius 1 is 1.03 bits per heavy atom. The van der Waals surface area contributed by atoms with Gasteiger partial charge in [-0.25, -0.2) is 4.79 Å². The number of nitrogens with one attached hydrogen (secondary N) is 1. The van der Waals surface area contributed by atoms with Gasteiger partial charge in [0.1, 0.15) is 6.61 Å². The molecule has 0 unspecified atom stereocenters. The van der Waals surface area contributed by atoms with Crippen LogP contribution in [0.1, 0.15) is 11.1 Å². The number of para-hydroxylation sites is 1. The van der Waals surface area contributed by atoms with Gasteiger partial charge in [0, 0.05) is 14.5 Å². The molecule has 4 rings (SSSR count). The number of methoxy groups -OCH3 is 1. The summed E-state index contributed by atoms with van der Waals surface area (Å²) in [4.78, 5) is 27.5. The van der Waals surface area contributed by atoms with E-state index in [0.29, 0.717) is 34.6 Å². The molecule has 1 N–H and O–H groups in total. The Labute approximate surface area is 199 Å². The summed E-state index contributed by atoms with van der Waals surface area (Å²) in [6.45, 7) is 0.347. The fourth-order valence-electron chi connectivity index (χ4n) is 3.06. The number of rotatable bonds is 6.